The second kappa shape index (κ2) is 4.74. The summed E-state index contributed by atoms with van der Waals surface area (Å²) in [6.45, 7) is 8.16. The van der Waals surface area contributed by atoms with Gasteiger partial charge < -0.3 is 11.1 Å². The zero-order chi connectivity index (χ0) is 9.84. The lowest BCUT2D eigenvalue weighted by molar-refractivity contribution is 0.612. The minimum atomic E-state index is 0.238. The molecule has 0 bridgehead atoms. The van der Waals surface area contributed by atoms with Gasteiger partial charge in [-0.15, -0.1) is 11.3 Å². The molecule has 3 N–H and O–H groups in total. The Labute approximate surface area is 84.2 Å². The Morgan fingerprint density at radius 1 is 1.54 bits per heavy atom. The minimum Gasteiger partial charge on any atom is -0.327 e. The van der Waals surface area contributed by atoms with Crippen LogP contribution in [0.15, 0.2) is 6.07 Å². The largest absolute Gasteiger partial charge is 0.327 e. The molecule has 1 unspecified atom stereocenters. The SMILES string of the molecule is Cc1cc(CNCC(C)N)sc1C. The molecule has 0 radical (unpaired) electrons. The summed E-state index contributed by atoms with van der Waals surface area (Å²) in [5, 5.41) is 3.33. The number of hydrogen-bond acceptors (Lipinski definition) is 3. The first kappa shape index (κ1) is 10.7. The average Bonchev–Trinajstić information content (AvgIpc) is 2.30. The summed E-state index contributed by atoms with van der Waals surface area (Å²) in [6.07, 6.45) is 0. The molecule has 0 aliphatic heterocycles. The van der Waals surface area contributed by atoms with Gasteiger partial charge in [-0.05, 0) is 32.4 Å². The van der Waals surface area contributed by atoms with Crippen LogP contribution in [-0.4, -0.2) is 12.6 Å². The molecule has 2 nitrogen and oxygen atoms in total. The highest BCUT2D eigenvalue weighted by Crippen LogP contribution is 2.19. The Morgan fingerprint density at radius 3 is 2.69 bits per heavy atom. The number of nitrogens with two attached hydrogens (primary N) is 1. The van der Waals surface area contributed by atoms with Crippen molar-refractivity contribution < 1.29 is 0 Å². The second-order valence-electron chi connectivity index (χ2n) is 3.56. The first-order chi connectivity index (χ1) is 6.09. The predicted octanol–water partition coefficient (Wildman–Crippen LogP) is 1.80. The first-order valence-corrected chi connectivity index (χ1v) is 5.43. The standard InChI is InChI=1S/C10H18N2S/c1-7-4-10(13-9(7)3)6-12-5-8(2)11/h4,8,12H,5-6,11H2,1-3H3. The van der Waals surface area contributed by atoms with E-state index in [2.05, 4.69) is 25.2 Å². The zero-order valence-electron chi connectivity index (χ0n) is 8.55. The van der Waals surface area contributed by atoms with Crippen LogP contribution in [0.25, 0.3) is 0 Å². The summed E-state index contributed by atoms with van der Waals surface area (Å²) < 4.78 is 0. The van der Waals surface area contributed by atoms with E-state index in [-0.39, 0.29) is 6.04 Å². The minimum absolute atomic E-state index is 0.238. The molecule has 1 rings (SSSR count). The quantitative estimate of drug-likeness (QED) is 0.774. The van der Waals surface area contributed by atoms with Crippen LogP contribution in [0.1, 0.15) is 22.2 Å². The summed E-state index contributed by atoms with van der Waals surface area (Å²) in [5.74, 6) is 0. The monoisotopic (exact) mass is 198 g/mol. The van der Waals surface area contributed by atoms with Crippen LogP contribution in [-0.2, 0) is 6.54 Å². The van der Waals surface area contributed by atoms with Crippen molar-refractivity contribution in [3.05, 3.63) is 21.4 Å². The molecule has 13 heavy (non-hydrogen) atoms. The molecule has 0 aromatic carbocycles. The fourth-order valence-electron chi connectivity index (χ4n) is 1.16. The third-order valence-electron chi connectivity index (χ3n) is 1.98. The molecule has 0 saturated heterocycles. The average molecular weight is 198 g/mol. The maximum atomic E-state index is 5.63. The zero-order valence-corrected chi connectivity index (χ0v) is 9.37. The topological polar surface area (TPSA) is 38.0 Å². The lowest BCUT2D eigenvalue weighted by atomic mass is 10.3. The number of aryl methyl sites for hydroxylation is 2. The molecule has 74 valence electrons. The van der Waals surface area contributed by atoms with E-state index in [9.17, 15) is 0 Å². The molecule has 0 aliphatic rings. The number of nitrogens with one attached hydrogen (secondary N) is 1. The molecule has 0 amide bonds. The van der Waals surface area contributed by atoms with Crippen molar-refractivity contribution in [3.63, 3.8) is 0 Å². The van der Waals surface area contributed by atoms with Gasteiger partial charge in [-0.2, -0.15) is 0 Å². The van der Waals surface area contributed by atoms with E-state index < -0.39 is 0 Å². The van der Waals surface area contributed by atoms with Gasteiger partial charge >= 0.3 is 0 Å². The highest BCUT2D eigenvalue weighted by atomic mass is 32.1. The Hall–Kier alpha value is -0.380. The molecule has 1 heterocycles. The van der Waals surface area contributed by atoms with Gasteiger partial charge in [0.1, 0.15) is 0 Å². The summed E-state index contributed by atoms with van der Waals surface area (Å²) >= 11 is 1.86. The van der Waals surface area contributed by atoms with Gasteiger partial charge in [0.25, 0.3) is 0 Å². The fourth-order valence-corrected chi connectivity index (χ4v) is 2.18. The van der Waals surface area contributed by atoms with Gasteiger partial charge in [0.2, 0.25) is 0 Å². The Morgan fingerprint density at radius 2 is 2.23 bits per heavy atom. The van der Waals surface area contributed by atoms with Crippen LogP contribution in [0.4, 0.5) is 0 Å². The van der Waals surface area contributed by atoms with Crippen molar-refractivity contribution in [1.82, 2.24) is 5.32 Å². The fraction of sp³-hybridized carbons (Fsp3) is 0.600. The van der Waals surface area contributed by atoms with E-state index in [0.29, 0.717) is 0 Å². The van der Waals surface area contributed by atoms with E-state index in [1.807, 2.05) is 18.3 Å². The molecule has 3 heteroatoms. The summed E-state index contributed by atoms with van der Waals surface area (Å²) in [5.41, 5.74) is 7.02. The van der Waals surface area contributed by atoms with Crippen LogP contribution in [0.3, 0.4) is 0 Å². The second-order valence-corrected chi connectivity index (χ2v) is 4.90. The smallest absolute Gasteiger partial charge is 0.0300 e. The van der Waals surface area contributed by atoms with E-state index in [4.69, 9.17) is 5.73 Å². The first-order valence-electron chi connectivity index (χ1n) is 4.62. The maximum absolute atomic E-state index is 5.63. The van der Waals surface area contributed by atoms with Crippen LogP contribution in [0.5, 0.6) is 0 Å². The lowest BCUT2D eigenvalue weighted by Gasteiger charge is -2.05. The third kappa shape index (κ3) is 3.46. The van der Waals surface area contributed by atoms with Crippen molar-refractivity contribution in [2.45, 2.75) is 33.4 Å². The van der Waals surface area contributed by atoms with E-state index in [1.54, 1.807) is 0 Å². The molecule has 1 aromatic rings. The maximum Gasteiger partial charge on any atom is 0.0300 e. The van der Waals surface area contributed by atoms with Crippen LogP contribution >= 0.6 is 11.3 Å². The molecule has 1 atom stereocenters. The highest BCUT2D eigenvalue weighted by molar-refractivity contribution is 7.12. The van der Waals surface area contributed by atoms with E-state index in [1.165, 1.54) is 15.3 Å². The molecule has 0 aliphatic carbocycles. The highest BCUT2D eigenvalue weighted by Gasteiger charge is 2.01. The Bertz CT molecular complexity index is 246. The Kier molecular flexibility index (Phi) is 3.90. The van der Waals surface area contributed by atoms with Crippen LogP contribution < -0.4 is 11.1 Å². The summed E-state index contributed by atoms with van der Waals surface area (Å²) in [4.78, 5) is 2.81. The molecule has 1 aromatic heterocycles. The van der Waals surface area contributed by atoms with Crippen molar-refractivity contribution in [2.75, 3.05) is 6.54 Å². The number of thiophene rings is 1. The van der Waals surface area contributed by atoms with Crippen LogP contribution in [0, 0.1) is 13.8 Å². The predicted molar refractivity (Wildman–Crippen MR) is 59.1 cm³/mol. The number of hydrogen-bond donors (Lipinski definition) is 2. The van der Waals surface area contributed by atoms with E-state index >= 15 is 0 Å². The lowest BCUT2D eigenvalue weighted by Crippen LogP contribution is -2.30. The van der Waals surface area contributed by atoms with E-state index in [0.717, 1.165) is 13.1 Å². The summed E-state index contributed by atoms with van der Waals surface area (Å²) in [7, 11) is 0. The van der Waals surface area contributed by atoms with Crippen molar-refractivity contribution in [1.29, 1.82) is 0 Å². The molecular weight excluding hydrogens is 180 g/mol. The third-order valence-corrected chi connectivity index (χ3v) is 3.14. The van der Waals surface area contributed by atoms with Gasteiger partial charge in [-0.25, -0.2) is 0 Å². The van der Waals surface area contributed by atoms with Gasteiger partial charge in [-0.3, -0.25) is 0 Å². The summed E-state index contributed by atoms with van der Waals surface area (Å²) in [6, 6.07) is 2.48. The molecule has 0 fully saturated rings. The van der Waals surface area contributed by atoms with Crippen molar-refractivity contribution >= 4 is 11.3 Å². The van der Waals surface area contributed by atoms with Gasteiger partial charge in [0.05, 0.1) is 0 Å². The van der Waals surface area contributed by atoms with Crippen molar-refractivity contribution in [2.24, 2.45) is 5.73 Å². The normalized spacial score (nSPS) is 13.2. The van der Waals surface area contributed by atoms with Gasteiger partial charge in [0.15, 0.2) is 0 Å². The number of rotatable bonds is 4. The molecule has 0 spiro atoms. The van der Waals surface area contributed by atoms with Crippen molar-refractivity contribution in [3.8, 4) is 0 Å². The molecular formula is C10H18N2S. The van der Waals surface area contributed by atoms with Crippen LogP contribution in [0.2, 0.25) is 0 Å². The van der Waals surface area contributed by atoms with Gasteiger partial charge in [-0.1, -0.05) is 0 Å². The van der Waals surface area contributed by atoms with Gasteiger partial charge in [0, 0.05) is 28.9 Å². The Balaban J connectivity index is 2.37. The molecule has 0 saturated carbocycles.